The second-order valence-electron chi connectivity index (χ2n) is 13.5. The summed E-state index contributed by atoms with van der Waals surface area (Å²) in [6.45, 7) is 2.44. The van der Waals surface area contributed by atoms with E-state index in [2.05, 4.69) is 15.4 Å². The van der Waals surface area contributed by atoms with Gasteiger partial charge in [-0.05, 0) is 85.9 Å². The molecule has 2 saturated heterocycles. The summed E-state index contributed by atoms with van der Waals surface area (Å²) in [5, 5.41) is 7.27. The maximum absolute atomic E-state index is 14.1. The molecule has 42 heavy (non-hydrogen) atoms. The van der Waals surface area contributed by atoms with Gasteiger partial charge in [-0.25, -0.2) is 13.1 Å². The minimum atomic E-state index is -3.31. The molecule has 234 valence electrons. The van der Waals surface area contributed by atoms with Gasteiger partial charge in [-0.2, -0.15) is 0 Å². The van der Waals surface area contributed by atoms with Crippen LogP contribution in [0.2, 0.25) is 5.02 Å². The Kier molecular flexibility index (Phi) is 10.5. The van der Waals surface area contributed by atoms with Crippen LogP contribution in [0.25, 0.3) is 0 Å². The first-order valence-electron chi connectivity index (χ1n) is 16.1. The van der Waals surface area contributed by atoms with Crippen molar-refractivity contribution >= 4 is 33.4 Å². The Morgan fingerprint density at radius 2 is 1.64 bits per heavy atom. The van der Waals surface area contributed by atoms with E-state index in [0.717, 1.165) is 44.2 Å². The first-order valence-corrected chi connectivity index (χ1v) is 18.4. The molecule has 2 amide bonds. The normalized spacial score (nSPS) is 27.6. The fourth-order valence-corrected chi connectivity index (χ4v) is 8.86. The predicted molar refractivity (Wildman–Crippen MR) is 167 cm³/mol. The predicted octanol–water partition coefficient (Wildman–Crippen LogP) is 4.27. The molecule has 5 rings (SSSR count). The van der Waals surface area contributed by atoms with Crippen molar-refractivity contribution in [1.82, 2.24) is 20.3 Å². The summed E-state index contributed by atoms with van der Waals surface area (Å²) in [5.41, 5.74) is 0.811. The lowest BCUT2D eigenvalue weighted by molar-refractivity contribution is -0.139. The molecule has 1 aromatic rings. The minimum Gasteiger partial charge on any atom is -0.343 e. The van der Waals surface area contributed by atoms with Crippen LogP contribution < -0.4 is 15.4 Å². The van der Waals surface area contributed by atoms with Crippen molar-refractivity contribution in [3.05, 3.63) is 34.9 Å². The SMILES string of the molecule is CS(=O)(=O)NCC1(C2CCCCC2)CCN(C(=O)[C@@H](Cc2ccc(Cl)cc2)NC(=O)[C@@H]2C[C@H]3CCCC[C@H]3CN2)CC1. The largest absolute Gasteiger partial charge is 0.343 e. The van der Waals surface area contributed by atoms with Gasteiger partial charge < -0.3 is 15.5 Å². The maximum Gasteiger partial charge on any atom is 0.245 e. The Balaban J connectivity index is 1.28. The van der Waals surface area contributed by atoms with E-state index in [0.29, 0.717) is 48.8 Å². The van der Waals surface area contributed by atoms with Gasteiger partial charge in [0, 0.05) is 31.1 Å². The lowest BCUT2D eigenvalue weighted by atomic mass is 9.64. The van der Waals surface area contributed by atoms with Gasteiger partial charge in [0.05, 0.1) is 12.3 Å². The van der Waals surface area contributed by atoms with E-state index in [1.54, 1.807) is 0 Å². The van der Waals surface area contributed by atoms with E-state index in [1.165, 1.54) is 51.2 Å². The van der Waals surface area contributed by atoms with Gasteiger partial charge in [-0.3, -0.25) is 9.59 Å². The second-order valence-corrected chi connectivity index (χ2v) is 15.8. The minimum absolute atomic E-state index is 0.0574. The summed E-state index contributed by atoms with van der Waals surface area (Å²) in [7, 11) is -3.31. The Hall–Kier alpha value is -1.68. The molecule has 0 bridgehead atoms. The molecule has 0 radical (unpaired) electrons. The number of hydrogen-bond donors (Lipinski definition) is 3. The number of benzene rings is 1. The van der Waals surface area contributed by atoms with Gasteiger partial charge in [-0.1, -0.05) is 62.3 Å². The molecule has 0 unspecified atom stereocenters. The van der Waals surface area contributed by atoms with E-state index in [9.17, 15) is 18.0 Å². The smallest absolute Gasteiger partial charge is 0.245 e. The van der Waals surface area contributed by atoms with Crippen LogP contribution in [0.1, 0.15) is 82.6 Å². The number of nitrogens with zero attached hydrogens (tertiary/aromatic N) is 1. The highest BCUT2D eigenvalue weighted by molar-refractivity contribution is 7.88. The van der Waals surface area contributed by atoms with Crippen molar-refractivity contribution in [2.45, 2.75) is 95.6 Å². The van der Waals surface area contributed by atoms with Gasteiger partial charge in [-0.15, -0.1) is 0 Å². The Bertz CT molecular complexity index is 1180. The Labute approximate surface area is 257 Å². The summed E-state index contributed by atoms with van der Waals surface area (Å²) in [4.78, 5) is 29.5. The van der Waals surface area contributed by atoms with Crippen LogP contribution in [0.4, 0.5) is 0 Å². The topological polar surface area (TPSA) is 108 Å². The number of halogens is 1. The molecule has 2 saturated carbocycles. The average Bonchev–Trinajstić information content (AvgIpc) is 3.00. The third-order valence-corrected chi connectivity index (χ3v) is 11.7. The number of nitrogens with one attached hydrogen (secondary N) is 3. The zero-order valence-corrected chi connectivity index (χ0v) is 26.7. The highest BCUT2D eigenvalue weighted by Gasteiger charge is 2.44. The molecule has 3 N–H and O–H groups in total. The van der Waals surface area contributed by atoms with E-state index < -0.39 is 16.1 Å². The van der Waals surface area contributed by atoms with E-state index in [4.69, 9.17) is 11.6 Å². The van der Waals surface area contributed by atoms with Crippen molar-refractivity contribution in [2.75, 3.05) is 32.4 Å². The number of likely N-dealkylation sites (tertiary alicyclic amines) is 1. The third kappa shape index (κ3) is 8.07. The summed E-state index contributed by atoms with van der Waals surface area (Å²) in [5.74, 6) is 1.56. The van der Waals surface area contributed by atoms with Gasteiger partial charge in [0.1, 0.15) is 6.04 Å². The first-order chi connectivity index (χ1) is 20.1. The lowest BCUT2D eigenvalue weighted by Gasteiger charge is -2.48. The Morgan fingerprint density at radius 3 is 2.31 bits per heavy atom. The van der Waals surface area contributed by atoms with Crippen LogP contribution in [0, 0.1) is 23.2 Å². The van der Waals surface area contributed by atoms with Crippen LogP contribution in [-0.2, 0) is 26.0 Å². The standard InChI is InChI=1S/C32H49ClN4O4S/c1-42(40,41)35-22-32(26-9-3-2-4-10-26)15-17-37(18-16-32)31(39)29(19-23-11-13-27(33)14-12-23)36-30(38)28-20-24-7-5-6-8-25(24)21-34-28/h11-14,24-26,28-29,34-35H,2-10,15-22H2,1H3,(H,36,38)/t24-,25+,28+,29-/m1/s1. The number of piperidine rings is 2. The lowest BCUT2D eigenvalue weighted by Crippen LogP contribution is -2.59. The molecule has 8 nitrogen and oxygen atoms in total. The summed E-state index contributed by atoms with van der Waals surface area (Å²) in [6, 6.07) is 6.54. The molecule has 0 aromatic heterocycles. The number of carbonyl (C=O) groups is 2. The highest BCUT2D eigenvalue weighted by Crippen LogP contribution is 2.45. The van der Waals surface area contributed by atoms with Gasteiger partial charge in [0.25, 0.3) is 0 Å². The summed E-state index contributed by atoms with van der Waals surface area (Å²) in [6.07, 6.45) is 14.8. The van der Waals surface area contributed by atoms with Crippen LogP contribution in [0.5, 0.6) is 0 Å². The monoisotopic (exact) mass is 620 g/mol. The van der Waals surface area contributed by atoms with Crippen molar-refractivity contribution < 1.29 is 18.0 Å². The zero-order valence-electron chi connectivity index (χ0n) is 25.1. The number of amides is 2. The van der Waals surface area contributed by atoms with E-state index in [1.807, 2.05) is 29.2 Å². The van der Waals surface area contributed by atoms with E-state index in [-0.39, 0.29) is 23.3 Å². The van der Waals surface area contributed by atoms with Crippen molar-refractivity contribution in [2.24, 2.45) is 23.2 Å². The molecule has 4 aliphatic rings. The molecule has 2 aliphatic carbocycles. The second kappa shape index (κ2) is 14.0. The fraction of sp³-hybridized carbons (Fsp3) is 0.750. The molecule has 10 heteroatoms. The van der Waals surface area contributed by atoms with Gasteiger partial charge in [0.2, 0.25) is 21.8 Å². The maximum atomic E-state index is 14.1. The zero-order chi connectivity index (χ0) is 29.7. The van der Waals surface area contributed by atoms with Crippen molar-refractivity contribution in [1.29, 1.82) is 0 Å². The number of fused-ring (bicyclic) bond motifs is 1. The fourth-order valence-electron chi connectivity index (χ4n) is 8.18. The van der Waals surface area contributed by atoms with Crippen molar-refractivity contribution in [3.63, 3.8) is 0 Å². The van der Waals surface area contributed by atoms with Crippen LogP contribution in [0.3, 0.4) is 0 Å². The molecule has 1 aromatic carbocycles. The van der Waals surface area contributed by atoms with E-state index >= 15 is 0 Å². The van der Waals surface area contributed by atoms with Crippen LogP contribution >= 0.6 is 11.6 Å². The van der Waals surface area contributed by atoms with Crippen LogP contribution in [0.15, 0.2) is 24.3 Å². The van der Waals surface area contributed by atoms with Crippen molar-refractivity contribution in [3.8, 4) is 0 Å². The molecule has 2 aliphatic heterocycles. The van der Waals surface area contributed by atoms with Gasteiger partial charge >= 0.3 is 0 Å². The summed E-state index contributed by atoms with van der Waals surface area (Å²) < 4.78 is 26.9. The molecular weight excluding hydrogens is 572 g/mol. The number of carbonyl (C=O) groups excluding carboxylic acids is 2. The number of sulfonamides is 1. The van der Waals surface area contributed by atoms with Crippen LogP contribution in [-0.4, -0.2) is 69.7 Å². The Morgan fingerprint density at radius 1 is 1.00 bits per heavy atom. The average molecular weight is 621 g/mol. The summed E-state index contributed by atoms with van der Waals surface area (Å²) >= 11 is 6.12. The quantitative estimate of drug-likeness (QED) is 0.382. The highest BCUT2D eigenvalue weighted by atomic mass is 35.5. The molecule has 0 spiro atoms. The van der Waals surface area contributed by atoms with Gasteiger partial charge in [0.15, 0.2) is 0 Å². The first kappa shape index (κ1) is 31.7. The third-order valence-electron chi connectivity index (χ3n) is 10.7. The molecular formula is C32H49ClN4O4S. The molecule has 4 fully saturated rings. The molecule has 2 heterocycles. The number of rotatable bonds is 9. The molecule has 4 atom stereocenters. The number of hydrogen-bond acceptors (Lipinski definition) is 5.